The Kier molecular flexibility index (Phi) is 8.19. The highest BCUT2D eigenvalue weighted by atomic mass is 35.5. The summed E-state index contributed by atoms with van der Waals surface area (Å²) < 4.78 is 80.9. The lowest BCUT2D eigenvalue weighted by Crippen LogP contribution is -2.30. The van der Waals surface area contributed by atoms with Crippen molar-refractivity contribution in [1.29, 1.82) is 0 Å². The first-order valence-corrected chi connectivity index (χ1v) is 10.9. The van der Waals surface area contributed by atoms with Crippen LogP contribution in [0.4, 0.5) is 43.8 Å². The first-order chi connectivity index (χ1) is 16.7. The third-order valence-corrected chi connectivity index (χ3v) is 5.28. The minimum Gasteiger partial charge on any atom is -0.406 e. The number of alkyl halides is 6. The van der Waals surface area contributed by atoms with E-state index in [-0.39, 0.29) is 46.3 Å². The second kappa shape index (κ2) is 10.8. The lowest BCUT2D eigenvalue weighted by Gasteiger charge is -2.21. The van der Waals surface area contributed by atoms with Gasteiger partial charge >= 0.3 is 12.5 Å². The molecule has 2 aromatic carbocycles. The number of halogens is 7. The van der Waals surface area contributed by atoms with E-state index in [0.29, 0.717) is 0 Å². The molecule has 194 valence electrons. The number of hydrogen-bond donors (Lipinski definition) is 3. The topological polar surface area (TPSA) is 79.3 Å². The first-order valence-electron chi connectivity index (χ1n) is 10.5. The summed E-state index contributed by atoms with van der Waals surface area (Å²) in [6.45, 7) is 3.43. The zero-order valence-corrected chi connectivity index (χ0v) is 19.6. The predicted molar refractivity (Wildman–Crippen MR) is 123 cm³/mol. The summed E-state index contributed by atoms with van der Waals surface area (Å²) in [7, 11) is 0. The van der Waals surface area contributed by atoms with Crippen LogP contribution in [0.3, 0.4) is 0 Å². The molecule has 1 atom stereocenters. The monoisotopic (exact) mass is 534 g/mol. The molecule has 0 unspecified atom stereocenters. The van der Waals surface area contributed by atoms with Gasteiger partial charge in [-0.25, -0.2) is 4.98 Å². The summed E-state index contributed by atoms with van der Waals surface area (Å²) in [6, 6.07) is 8.74. The SMILES string of the molecule is CC(C)[C@H](CO)Nc1nc(Nc2ccc(C(F)(F)F)cc2Cl)cc(-c2cccc(OC(F)(F)F)c2)n1. The Balaban J connectivity index is 2.02. The number of anilines is 3. The van der Waals surface area contributed by atoms with Crippen LogP contribution in [0, 0.1) is 5.92 Å². The van der Waals surface area contributed by atoms with E-state index < -0.39 is 29.9 Å². The Morgan fingerprint density at radius 2 is 1.72 bits per heavy atom. The van der Waals surface area contributed by atoms with Crippen molar-refractivity contribution in [2.45, 2.75) is 32.4 Å². The third kappa shape index (κ3) is 7.37. The van der Waals surface area contributed by atoms with Crippen LogP contribution in [0.5, 0.6) is 5.75 Å². The van der Waals surface area contributed by atoms with Gasteiger partial charge in [-0.2, -0.15) is 18.2 Å². The zero-order valence-electron chi connectivity index (χ0n) is 18.9. The fourth-order valence-corrected chi connectivity index (χ4v) is 3.32. The smallest absolute Gasteiger partial charge is 0.406 e. The number of aromatic nitrogens is 2. The molecule has 3 rings (SSSR count). The van der Waals surface area contributed by atoms with Crippen molar-refractivity contribution in [2.24, 2.45) is 5.92 Å². The number of nitrogens with zero attached hydrogens (tertiary/aromatic N) is 2. The Morgan fingerprint density at radius 1 is 1.00 bits per heavy atom. The number of ether oxygens (including phenoxy) is 1. The van der Waals surface area contributed by atoms with Crippen molar-refractivity contribution >= 4 is 29.1 Å². The lowest BCUT2D eigenvalue weighted by molar-refractivity contribution is -0.274. The fraction of sp³-hybridized carbons (Fsp3) is 0.304. The molecule has 0 amide bonds. The molecular formula is C23H21ClF6N4O2. The first kappa shape index (κ1) is 27.3. The second-order valence-electron chi connectivity index (χ2n) is 8.03. The molecule has 0 saturated carbocycles. The summed E-state index contributed by atoms with van der Waals surface area (Å²) >= 11 is 6.03. The van der Waals surface area contributed by atoms with E-state index in [0.717, 1.165) is 30.3 Å². The zero-order chi connectivity index (χ0) is 26.7. The summed E-state index contributed by atoms with van der Waals surface area (Å²) in [5.74, 6) is -0.393. The molecule has 13 heteroatoms. The van der Waals surface area contributed by atoms with Crippen molar-refractivity contribution < 1.29 is 36.2 Å². The van der Waals surface area contributed by atoms with E-state index in [1.54, 1.807) is 0 Å². The standard InChI is InChI=1S/C23H21ClF6N4O2/c1-12(2)19(11-35)33-21-32-18(13-4-3-5-15(8-13)36-23(28,29)30)10-20(34-21)31-17-7-6-14(9-16(17)24)22(25,26)27/h3-10,12,19,35H,11H2,1-2H3,(H2,31,32,33,34)/t19-/m0/s1. The average Bonchev–Trinajstić information content (AvgIpc) is 2.77. The molecule has 0 aliphatic carbocycles. The van der Waals surface area contributed by atoms with E-state index in [9.17, 15) is 31.4 Å². The minimum absolute atomic E-state index is 0.0212. The number of hydrogen-bond acceptors (Lipinski definition) is 6. The van der Waals surface area contributed by atoms with Gasteiger partial charge in [0.25, 0.3) is 0 Å². The van der Waals surface area contributed by atoms with Crippen molar-refractivity contribution in [3.8, 4) is 17.0 Å². The Morgan fingerprint density at radius 3 is 2.31 bits per heavy atom. The number of aliphatic hydroxyl groups is 1. The van der Waals surface area contributed by atoms with Gasteiger partial charge in [0.1, 0.15) is 11.6 Å². The third-order valence-electron chi connectivity index (χ3n) is 4.96. The highest BCUT2D eigenvalue weighted by molar-refractivity contribution is 6.33. The van der Waals surface area contributed by atoms with E-state index in [4.69, 9.17) is 11.6 Å². The number of benzene rings is 2. The highest BCUT2D eigenvalue weighted by Gasteiger charge is 2.32. The lowest BCUT2D eigenvalue weighted by atomic mass is 10.1. The van der Waals surface area contributed by atoms with E-state index in [2.05, 4.69) is 25.3 Å². The molecule has 3 N–H and O–H groups in total. The maximum Gasteiger partial charge on any atom is 0.573 e. The molecule has 0 aliphatic rings. The van der Waals surface area contributed by atoms with Gasteiger partial charge < -0.3 is 20.5 Å². The van der Waals surface area contributed by atoms with E-state index in [1.165, 1.54) is 18.2 Å². The van der Waals surface area contributed by atoms with Crippen LogP contribution >= 0.6 is 11.6 Å². The highest BCUT2D eigenvalue weighted by Crippen LogP contribution is 2.35. The Labute approximate surface area is 207 Å². The van der Waals surface area contributed by atoms with Crippen LogP contribution in [-0.4, -0.2) is 34.1 Å². The quantitative estimate of drug-likeness (QED) is 0.273. The van der Waals surface area contributed by atoms with Gasteiger partial charge in [-0.15, -0.1) is 13.2 Å². The molecule has 1 heterocycles. The number of nitrogens with one attached hydrogen (secondary N) is 2. The Hall–Kier alpha value is -3.25. The summed E-state index contributed by atoms with van der Waals surface area (Å²) in [6.07, 6.45) is -9.48. The summed E-state index contributed by atoms with van der Waals surface area (Å²) in [4.78, 5) is 8.61. The number of aliphatic hydroxyl groups excluding tert-OH is 1. The van der Waals surface area contributed by atoms with Crippen LogP contribution in [0.1, 0.15) is 19.4 Å². The van der Waals surface area contributed by atoms with E-state index in [1.807, 2.05) is 13.8 Å². The molecule has 0 aliphatic heterocycles. The molecular weight excluding hydrogens is 514 g/mol. The van der Waals surface area contributed by atoms with Gasteiger partial charge in [0.05, 0.1) is 34.6 Å². The van der Waals surface area contributed by atoms with E-state index >= 15 is 0 Å². The van der Waals surface area contributed by atoms with Gasteiger partial charge in [-0.1, -0.05) is 37.6 Å². The maximum atomic E-state index is 13.0. The van der Waals surface area contributed by atoms with Crippen LogP contribution < -0.4 is 15.4 Å². The van der Waals surface area contributed by atoms with Crippen molar-refractivity contribution in [3.05, 3.63) is 59.1 Å². The second-order valence-corrected chi connectivity index (χ2v) is 8.44. The fourth-order valence-electron chi connectivity index (χ4n) is 3.10. The molecule has 36 heavy (non-hydrogen) atoms. The van der Waals surface area contributed by atoms with Crippen LogP contribution in [0.25, 0.3) is 11.3 Å². The van der Waals surface area contributed by atoms with Gasteiger partial charge in [0.2, 0.25) is 5.95 Å². The summed E-state index contributed by atoms with van der Waals surface area (Å²) in [5, 5.41) is 15.2. The van der Waals surface area contributed by atoms with Crippen molar-refractivity contribution in [2.75, 3.05) is 17.2 Å². The van der Waals surface area contributed by atoms with Crippen LogP contribution in [0.2, 0.25) is 5.02 Å². The molecule has 0 radical (unpaired) electrons. The molecule has 6 nitrogen and oxygen atoms in total. The molecule has 0 saturated heterocycles. The largest absolute Gasteiger partial charge is 0.573 e. The minimum atomic E-state index is -4.89. The maximum absolute atomic E-state index is 13.0. The van der Waals surface area contributed by atoms with Gasteiger partial charge in [0.15, 0.2) is 0 Å². The normalized spacial score (nSPS) is 13.0. The van der Waals surface area contributed by atoms with Gasteiger partial charge in [-0.3, -0.25) is 0 Å². The molecule has 3 aromatic rings. The van der Waals surface area contributed by atoms with Gasteiger partial charge in [0, 0.05) is 11.6 Å². The molecule has 0 fully saturated rings. The molecule has 0 bridgehead atoms. The number of rotatable bonds is 8. The average molecular weight is 535 g/mol. The predicted octanol–water partition coefficient (Wildman–Crippen LogP) is 6.89. The Bertz CT molecular complexity index is 1200. The van der Waals surface area contributed by atoms with Crippen molar-refractivity contribution in [3.63, 3.8) is 0 Å². The van der Waals surface area contributed by atoms with Crippen LogP contribution in [0.15, 0.2) is 48.5 Å². The van der Waals surface area contributed by atoms with Crippen LogP contribution in [-0.2, 0) is 6.18 Å². The van der Waals surface area contributed by atoms with Gasteiger partial charge in [-0.05, 0) is 36.2 Å². The molecule has 1 aromatic heterocycles. The summed E-state index contributed by atoms with van der Waals surface area (Å²) in [5.41, 5.74) is -0.412. The van der Waals surface area contributed by atoms with Crippen molar-refractivity contribution in [1.82, 2.24) is 9.97 Å². The molecule has 0 spiro atoms.